The fraction of sp³-hybridized carbons (Fsp3) is 0.353. The van der Waals surface area contributed by atoms with Crippen LogP contribution in [-0.2, 0) is 4.74 Å². The summed E-state index contributed by atoms with van der Waals surface area (Å²) in [6, 6.07) is 6.45. The zero-order valence-electron chi connectivity index (χ0n) is 14.0. The van der Waals surface area contributed by atoms with E-state index in [1.54, 1.807) is 12.1 Å². The summed E-state index contributed by atoms with van der Waals surface area (Å²) in [5, 5.41) is 12.8. The monoisotopic (exact) mass is 394 g/mol. The first-order valence-electron chi connectivity index (χ1n) is 7.97. The number of rotatable bonds is 4. The van der Waals surface area contributed by atoms with Crippen LogP contribution in [0.1, 0.15) is 28.1 Å². The summed E-state index contributed by atoms with van der Waals surface area (Å²) in [6.45, 7) is 1.31. The van der Waals surface area contributed by atoms with E-state index >= 15 is 0 Å². The van der Waals surface area contributed by atoms with Gasteiger partial charge in [0.1, 0.15) is 5.82 Å². The van der Waals surface area contributed by atoms with Gasteiger partial charge < -0.3 is 15.0 Å². The average Bonchev–Trinajstić information content (AvgIpc) is 3.01. The Morgan fingerprint density at radius 1 is 1.58 bits per heavy atom. The Bertz CT molecular complexity index is 867. The van der Waals surface area contributed by atoms with Crippen molar-refractivity contribution in [2.24, 2.45) is 0 Å². The molecular weight excluding hydrogens is 379 g/mol. The zero-order valence-corrected chi connectivity index (χ0v) is 15.5. The van der Waals surface area contributed by atoms with Gasteiger partial charge in [0.15, 0.2) is 15.2 Å². The Balaban J connectivity index is 1.71. The number of esters is 1. The number of aromatic nitrogens is 1. The maximum absolute atomic E-state index is 14.3. The molecule has 1 aliphatic rings. The minimum Gasteiger partial charge on any atom is -0.465 e. The number of nitriles is 1. The molecule has 2 heterocycles. The van der Waals surface area contributed by atoms with Gasteiger partial charge in [0.25, 0.3) is 0 Å². The lowest BCUT2D eigenvalue weighted by Crippen LogP contribution is -2.42. The number of ether oxygens (including phenoxy) is 1. The van der Waals surface area contributed by atoms with Gasteiger partial charge in [0.2, 0.25) is 0 Å². The molecule has 26 heavy (non-hydrogen) atoms. The van der Waals surface area contributed by atoms with Gasteiger partial charge in [-0.1, -0.05) is 22.9 Å². The summed E-state index contributed by atoms with van der Waals surface area (Å²) in [6.07, 6.45) is 1.76. The Morgan fingerprint density at radius 2 is 2.38 bits per heavy atom. The number of carbonyl (C=O) groups is 1. The molecule has 1 atom stereocenters. The number of methoxy groups -OCH3 is 1. The standard InChI is InChI=1S/C17H16ClFN4O2S/c1-25-16(24)14-15(18)22-17(26-14)21-11-3-2-6-23(9-11)13-5-4-10(8-20)7-12(13)19/h4-5,7,11H,2-3,6,9H2,1H3,(H,21,22). The molecule has 0 saturated carbocycles. The van der Waals surface area contributed by atoms with Crippen LogP contribution in [0.15, 0.2) is 18.2 Å². The number of carbonyl (C=O) groups excluding carboxylic acids is 1. The Morgan fingerprint density at radius 3 is 3.08 bits per heavy atom. The van der Waals surface area contributed by atoms with Crippen LogP contribution < -0.4 is 10.2 Å². The summed E-state index contributed by atoms with van der Waals surface area (Å²) in [5.74, 6) is -0.930. The molecule has 1 aromatic heterocycles. The molecule has 9 heteroatoms. The number of benzene rings is 1. The maximum atomic E-state index is 14.3. The van der Waals surface area contributed by atoms with Gasteiger partial charge in [0, 0.05) is 19.1 Å². The summed E-state index contributed by atoms with van der Waals surface area (Å²) in [5.41, 5.74) is 0.772. The highest BCUT2D eigenvalue weighted by Crippen LogP contribution is 2.30. The molecule has 1 saturated heterocycles. The molecule has 2 aromatic rings. The van der Waals surface area contributed by atoms with Crippen LogP contribution >= 0.6 is 22.9 Å². The second-order valence-corrected chi connectivity index (χ2v) is 7.20. The highest BCUT2D eigenvalue weighted by Gasteiger charge is 2.24. The predicted molar refractivity (Wildman–Crippen MR) is 98.4 cm³/mol. The first kappa shape index (κ1) is 18.4. The third-order valence-corrected chi connectivity index (χ3v) is 5.48. The molecule has 1 aromatic carbocycles. The first-order valence-corrected chi connectivity index (χ1v) is 9.17. The fourth-order valence-electron chi connectivity index (χ4n) is 2.90. The lowest BCUT2D eigenvalue weighted by Gasteiger charge is -2.34. The largest absolute Gasteiger partial charge is 0.465 e. The van der Waals surface area contributed by atoms with Crippen molar-refractivity contribution < 1.29 is 13.9 Å². The quantitative estimate of drug-likeness (QED) is 0.797. The van der Waals surface area contributed by atoms with Gasteiger partial charge in [-0.25, -0.2) is 14.2 Å². The molecule has 1 N–H and O–H groups in total. The van der Waals surface area contributed by atoms with E-state index in [0.717, 1.165) is 30.7 Å². The number of nitrogens with zero attached hydrogens (tertiary/aromatic N) is 3. The zero-order chi connectivity index (χ0) is 18.7. The summed E-state index contributed by atoms with van der Waals surface area (Å²) in [4.78, 5) is 18.0. The average molecular weight is 395 g/mol. The van der Waals surface area contributed by atoms with Crippen LogP contribution in [0.5, 0.6) is 0 Å². The lowest BCUT2D eigenvalue weighted by molar-refractivity contribution is 0.0606. The maximum Gasteiger partial charge on any atom is 0.351 e. The van der Waals surface area contributed by atoms with Crippen molar-refractivity contribution in [3.8, 4) is 6.07 Å². The normalized spacial score (nSPS) is 16.8. The highest BCUT2D eigenvalue weighted by atomic mass is 35.5. The van der Waals surface area contributed by atoms with E-state index in [1.807, 2.05) is 11.0 Å². The number of hydrogen-bond acceptors (Lipinski definition) is 7. The molecular formula is C17H16ClFN4O2S. The van der Waals surface area contributed by atoms with E-state index in [0.29, 0.717) is 22.9 Å². The van der Waals surface area contributed by atoms with E-state index in [4.69, 9.17) is 16.9 Å². The van der Waals surface area contributed by atoms with Crippen molar-refractivity contribution in [1.29, 1.82) is 5.26 Å². The first-order chi connectivity index (χ1) is 12.5. The van der Waals surface area contributed by atoms with E-state index < -0.39 is 11.8 Å². The van der Waals surface area contributed by atoms with E-state index in [2.05, 4.69) is 15.0 Å². The molecule has 0 aliphatic carbocycles. The number of anilines is 2. The van der Waals surface area contributed by atoms with Crippen molar-refractivity contribution in [3.63, 3.8) is 0 Å². The molecule has 6 nitrogen and oxygen atoms in total. The Hall–Kier alpha value is -2.37. The van der Waals surface area contributed by atoms with Gasteiger partial charge in [-0.15, -0.1) is 0 Å². The topological polar surface area (TPSA) is 78.2 Å². The highest BCUT2D eigenvalue weighted by molar-refractivity contribution is 7.18. The molecule has 1 fully saturated rings. The molecule has 0 radical (unpaired) electrons. The third-order valence-electron chi connectivity index (χ3n) is 4.12. The third kappa shape index (κ3) is 3.89. The van der Waals surface area contributed by atoms with Gasteiger partial charge >= 0.3 is 5.97 Å². The van der Waals surface area contributed by atoms with Crippen molar-refractivity contribution in [2.45, 2.75) is 18.9 Å². The SMILES string of the molecule is COC(=O)c1sc(NC2CCCN(c3ccc(C#N)cc3F)C2)nc1Cl. The predicted octanol–water partition coefficient (Wildman–Crippen LogP) is 3.67. The van der Waals surface area contributed by atoms with Gasteiger partial charge in [-0.05, 0) is 31.0 Å². The summed E-state index contributed by atoms with van der Waals surface area (Å²) in [7, 11) is 1.29. The van der Waals surface area contributed by atoms with Crippen LogP contribution in [0.2, 0.25) is 5.15 Å². The second-order valence-electron chi connectivity index (χ2n) is 5.84. The minimum absolute atomic E-state index is 0.0338. The molecule has 3 rings (SSSR count). The molecule has 1 unspecified atom stereocenters. The van der Waals surface area contributed by atoms with Crippen molar-refractivity contribution in [1.82, 2.24) is 4.98 Å². The minimum atomic E-state index is -0.523. The van der Waals surface area contributed by atoms with Crippen LogP contribution in [0.25, 0.3) is 0 Å². The molecule has 0 amide bonds. The van der Waals surface area contributed by atoms with Crippen LogP contribution in [0.3, 0.4) is 0 Å². The van der Waals surface area contributed by atoms with E-state index in [9.17, 15) is 9.18 Å². The summed E-state index contributed by atoms with van der Waals surface area (Å²) < 4.78 is 18.9. The number of thiazole rings is 1. The molecule has 0 spiro atoms. The Labute approximate surface area is 159 Å². The van der Waals surface area contributed by atoms with Crippen molar-refractivity contribution in [3.05, 3.63) is 39.6 Å². The van der Waals surface area contributed by atoms with Crippen molar-refractivity contribution >= 4 is 39.7 Å². The molecule has 136 valence electrons. The lowest BCUT2D eigenvalue weighted by atomic mass is 10.0. The number of nitrogens with one attached hydrogen (secondary N) is 1. The smallest absolute Gasteiger partial charge is 0.351 e. The fourth-order valence-corrected chi connectivity index (χ4v) is 4.08. The van der Waals surface area contributed by atoms with E-state index in [-0.39, 0.29) is 16.1 Å². The summed E-state index contributed by atoms with van der Waals surface area (Å²) >= 11 is 7.12. The van der Waals surface area contributed by atoms with E-state index in [1.165, 1.54) is 13.2 Å². The van der Waals surface area contributed by atoms with Gasteiger partial charge in [0.05, 0.1) is 24.4 Å². The number of halogens is 2. The van der Waals surface area contributed by atoms with Gasteiger partial charge in [-0.3, -0.25) is 0 Å². The molecule has 1 aliphatic heterocycles. The Kier molecular flexibility index (Phi) is 5.59. The van der Waals surface area contributed by atoms with Gasteiger partial charge in [-0.2, -0.15) is 5.26 Å². The number of hydrogen-bond donors (Lipinski definition) is 1. The van der Waals surface area contributed by atoms with Crippen LogP contribution in [0.4, 0.5) is 15.2 Å². The molecule has 0 bridgehead atoms. The van der Waals surface area contributed by atoms with Crippen LogP contribution in [0, 0.1) is 17.1 Å². The number of piperidine rings is 1. The van der Waals surface area contributed by atoms with Crippen molar-refractivity contribution in [2.75, 3.05) is 30.4 Å². The van der Waals surface area contributed by atoms with Crippen LogP contribution in [-0.4, -0.2) is 37.2 Å². The second kappa shape index (κ2) is 7.89.